The van der Waals surface area contributed by atoms with Gasteiger partial charge in [0.25, 0.3) is 0 Å². The number of carbonyl (C=O) groups is 1. The third kappa shape index (κ3) is 2.85. The van der Waals surface area contributed by atoms with E-state index in [0.29, 0.717) is 17.9 Å². The van der Waals surface area contributed by atoms with Crippen LogP contribution in [0.4, 0.5) is 5.69 Å². The topological polar surface area (TPSA) is 64.4 Å². The van der Waals surface area contributed by atoms with Gasteiger partial charge < -0.3 is 15.8 Å². The molecule has 0 radical (unpaired) electrons. The van der Waals surface area contributed by atoms with Gasteiger partial charge in [-0.3, -0.25) is 4.79 Å². The van der Waals surface area contributed by atoms with E-state index in [0.717, 1.165) is 43.7 Å². The highest BCUT2D eigenvalue weighted by Gasteiger charge is 2.40. The predicted octanol–water partition coefficient (Wildman–Crippen LogP) is 3.10. The molecule has 3 aliphatic rings. The Morgan fingerprint density at radius 1 is 1.17 bits per heavy atom. The zero-order valence-electron chi connectivity index (χ0n) is 13.6. The van der Waals surface area contributed by atoms with E-state index in [2.05, 4.69) is 11.4 Å². The number of hydrogen-bond donors (Lipinski definition) is 2. The first kappa shape index (κ1) is 15.0. The van der Waals surface area contributed by atoms with Gasteiger partial charge in [-0.05, 0) is 62.0 Å². The summed E-state index contributed by atoms with van der Waals surface area (Å²) < 4.78 is 5.80. The average Bonchev–Trinajstić information content (AvgIpc) is 2.55. The van der Waals surface area contributed by atoms with Crippen LogP contribution in [-0.2, 0) is 11.2 Å². The highest BCUT2D eigenvalue weighted by atomic mass is 16.5. The standard InChI is InChI=1S/C19H26N2O2/c20-17-13-5-1-6-14(17)11-15(10-13)19(22)21-16-8-2-4-12-7-3-9-23-18(12)16/h2,4,8,13-15,17H,1,3,5-7,9-11,20H2,(H,21,22). The molecule has 3 N–H and O–H groups in total. The molecule has 1 heterocycles. The van der Waals surface area contributed by atoms with Gasteiger partial charge >= 0.3 is 0 Å². The molecule has 23 heavy (non-hydrogen) atoms. The molecule has 0 saturated heterocycles. The van der Waals surface area contributed by atoms with E-state index in [1.165, 1.54) is 24.8 Å². The molecular formula is C19H26N2O2. The van der Waals surface area contributed by atoms with E-state index in [1.54, 1.807) is 0 Å². The summed E-state index contributed by atoms with van der Waals surface area (Å²) in [5.41, 5.74) is 8.38. The number of ether oxygens (including phenoxy) is 1. The second-order valence-corrected chi connectivity index (χ2v) is 7.43. The van der Waals surface area contributed by atoms with Gasteiger partial charge in [0, 0.05) is 12.0 Å². The van der Waals surface area contributed by atoms with Crippen molar-refractivity contribution in [1.82, 2.24) is 0 Å². The van der Waals surface area contributed by atoms with E-state index in [4.69, 9.17) is 10.5 Å². The summed E-state index contributed by atoms with van der Waals surface area (Å²) in [5.74, 6) is 2.18. The van der Waals surface area contributed by atoms with Crippen molar-refractivity contribution >= 4 is 11.6 Å². The van der Waals surface area contributed by atoms with Crippen LogP contribution >= 0.6 is 0 Å². The second-order valence-electron chi connectivity index (χ2n) is 7.43. The first-order chi connectivity index (χ1) is 11.2. The quantitative estimate of drug-likeness (QED) is 0.881. The van der Waals surface area contributed by atoms with E-state index in [1.807, 2.05) is 12.1 Å². The maximum Gasteiger partial charge on any atom is 0.227 e. The Balaban J connectivity index is 1.48. The lowest BCUT2D eigenvalue weighted by atomic mass is 9.65. The average molecular weight is 314 g/mol. The summed E-state index contributed by atoms with van der Waals surface area (Å²) in [7, 11) is 0. The first-order valence-corrected chi connectivity index (χ1v) is 9.03. The summed E-state index contributed by atoms with van der Waals surface area (Å²) in [6.45, 7) is 0.738. The van der Waals surface area contributed by atoms with Crippen molar-refractivity contribution in [2.45, 2.75) is 51.0 Å². The fraction of sp³-hybridized carbons (Fsp3) is 0.632. The van der Waals surface area contributed by atoms with Gasteiger partial charge in [0.1, 0.15) is 5.75 Å². The predicted molar refractivity (Wildman–Crippen MR) is 90.4 cm³/mol. The van der Waals surface area contributed by atoms with E-state index in [9.17, 15) is 4.79 Å². The Kier molecular flexibility index (Phi) is 4.02. The molecule has 4 rings (SSSR count). The van der Waals surface area contributed by atoms with Crippen LogP contribution in [0, 0.1) is 17.8 Å². The molecule has 1 aromatic rings. The van der Waals surface area contributed by atoms with Gasteiger partial charge in [0.05, 0.1) is 12.3 Å². The van der Waals surface area contributed by atoms with Gasteiger partial charge in [-0.1, -0.05) is 18.6 Å². The Morgan fingerprint density at radius 3 is 2.74 bits per heavy atom. The van der Waals surface area contributed by atoms with Gasteiger partial charge in [-0.25, -0.2) is 0 Å². The number of carbonyl (C=O) groups excluding carboxylic acids is 1. The molecule has 124 valence electrons. The van der Waals surface area contributed by atoms with Crippen LogP contribution in [0.25, 0.3) is 0 Å². The molecule has 2 bridgehead atoms. The maximum absolute atomic E-state index is 12.8. The summed E-state index contributed by atoms with van der Waals surface area (Å²) in [4.78, 5) is 12.8. The molecule has 1 aliphatic heterocycles. The third-order valence-corrected chi connectivity index (χ3v) is 5.98. The Labute approximate surface area is 137 Å². The van der Waals surface area contributed by atoms with Crippen LogP contribution in [0.15, 0.2) is 18.2 Å². The van der Waals surface area contributed by atoms with Crippen molar-refractivity contribution in [3.63, 3.8) is 0 Å². The smallest absolute Gasteiger partial charge is 0.227 e. The zero-order chi connectivity index (χ0) is 15.8. The summed E-state index contributed by atoms with van der Waals surface area (Å²) in [6.07, 6.45) is 7.61. The third-order valence-electron chi connectivity index (χ3n) is 5.98. The molecule has 2 atom stereocenters. The number of nitrogens with two attached hydrogens (primary N) is 1. The molecule has 2 fully saturated rings. The lowest BCUT2D eigenvalue weighted by molar-refractivity contribution is -0.122. The minimum atomic E-state index is 0.101. The van der Waals surface area contributed by atoms with E-state index < -0.39 is 0 Å². The molecule has 1 aromatic carbocycles. The molecule has 2 unspecified atom stereocenters. The van der Waals surface area contributed by atoms with Crippen LogP contribution < -0.4 is 15.8 Å². The second kappa shape index (κ2) is 6.16. The number of anilines is 1. The van der Waals surface area contributed by atoms with E-state index >= 15 is 0 Å². The number of para-hydroxylation sites is 1. The fourth-order valence-corrected chi connectivity index (χ4v) is 4.73. The fourth-order valence-electron chi connectivity index (χ4n) is 4.73. The lowest BCUT2D eigenvalue weighted by Crippen LogP contribution is -2.48. The molecule has 2 aliphatic carbocycles. The van der Waals surface area contributed by atoms with Gasteiger partial charge in [0.2, 0.25) is 5.91 Å². The number of benzene rings is 1. The van der Waals surface area contributed by atoms with Gasteiger partial charge in [-0.15, -0.1) is 0 Å². The number of nitrogens with one attached hydrogen (secondary N) is 1. The summed E-state index contributed by atoms with van der Waals surface area (Å²) in [6, 6.07) is 6.36. The number of fused-ring (bicyclic) bond motifs is 3. The molecule has 0 spiro atoms. The van der Waals surface area contributed by atoms with Crippen LogP contribution in [0.2, 0.25) is 0 Å². The van der Waals surface area contributed by atoms with Crippen LogP contribution in [0.5, 0.6) is 5.75 Å². The maximum atomic E-state index is 12.8. The highest BCUT2D eigenvalue weighted by molar-refractivity contribution is 5.94. The molecular weight excluding hydrogens is 288 g/mol. The largest absolute Gasteiger partial charge is 0.491 e. The monoisotopic (exact) mass is 314 g/mol. The summed E-state index contributed by atoms with van der Waals surface area (Å²) >= 11 is 0. The number of rotatable bonds is 2. The van der Waals surface area contributed by atoms with Crippen molar-refractivity contribution < 1.29 is 9.53 Å². The van der Waals surface area contributed by atoms with Crippen molar-refractivity contribution in [3.05, 3.63) is 23.8 Å². The zero-order valence-corrected chi connectivity index (χ0v) is 13.6. The Bertz CT molecular complexity index is 587. The molecule has 4 heteroatoms. The highest BCUT2D eigenvalue weighted by Crippen LogP contribution is 2.42. The molecule has 2 saturated carbocycles. The van der Waals surface area contributed by atoms with Crippen molar-refractivity contribution in [2.24, 2.45) is 23.5 Å². The summed E-state index contributed by atoms with van der Waals surface area (Å²) in [5, 5.41) is 3.14. The number of hydrogen-bond acceptors (Lipinski definition) is 3. The van der Waals surface area contributed by atoms with Crippen LogP contribution in [0.1, 0.15) is 44.1 Å². The van der Waals surface area contributed by atoms with Crippen molar-refractivity contribution in [2.75, 3.05) is 11.9 Å². The molecule has 1 amide bonds. The van der Waals surface area contributed by atoms with Crippen molar-refractivity contribution in [3.8, 4) is 5.75 Å². The minimum Gasteiger partial charge on any atom is -0.491 e. The van der Waals surface area contributed by atoms with Gasteiger partial charge in [0.15, 0.2) is 0 Å². The Morgan fingerprint density at radius 2 is 1.96 bits per heavy atom. The first-order valence-electron chi connectivity index (χ1n) is 9.03. The number of aryl methyl sites for hydroxylation is 1. The molecule has 0 aromatic heterocycles. The van der Waals surface area contributed by atoms with Gasteiger partial charge in [-0.2, -0.15) is 0 Å². The lowest BCUT2D eigenvalue weighted by Gasteiger charge is -2.43. The number of amides is 1. The minimum absolute atomic E-state index is 0.101. The normalized spacial score (nSPS) is 32.6. The van der Waals surface area contributed by atoms with E-state index in [-0.39, 0.29) is 11.8 Å². The van der Waals surface area contributed by atoms with Crippen LogP contribution in [-0.4, -0.2) is 18.6 Å². The Hall–Kier alpha value is -1.55. The molecule has 4 nitrogen and oxygen atoms in total. The van der Waals surface area contributed by atoms with Crippen LogP contribution in [0.3, 0.4) is 0 Å². The van der Waals surface area contributed by atoms with Crippen molar-refractivity contribution in [1.29, 1.82) is 0 Å². The SMILES string of the molecule is NC1C2CCCC1CC(C(=O)Nc1cccc3c1OCCC3)C2.